The monoisotopic (exact) mass is 476 g/mol. The fourth-order valence-electron chi connectivity index (χ4n) is 4.28. The zero-order valence-electron chi connectivity index (χ0n) is 20.4. The Hall–Kier alpha value is -3.81. The van der Waals surface area contributed by atoms with E-state index in [1.807, 2.05) is 50.2 Å². The van der Waals surface area contributed by atoms with Crippen molar-refractivity contribution in [3.8, 4) is 5.75 Å². The molecule has 4 rings (SSSR count). The Balaban J connectivity index is 1.48. The van der Waals surface area contributed by atoms with Gasteiger partial charge in [-0.3, -0.25) is 9.59 Å². The molecule has 1 aromatic heterocycles. The number of amidine groups is 1. The molecule has 0 bridgehead atoms. The first-order valence-electron chi connectivity index (χ1n) is 12.0. The fraction of sp³-hybridized carbons (Fsp3) is 0.370. The van der Waals surface area contributed by atoms with Crippen molar-refractivity contribution >= 4 is 33.9 Å². The largest absolute Gasteiger partial charge is 0.481 e. The number of nitrogens with one attached hydrogen (secondary N) is 2. The Bertz CT molecular complexity index is 1250. The van der Waals surface area contributed by atoms with Crippen LogP contribution in [0.3, 0.4) is 0 Å². The molecule has 1 atom stereocenters. The fourth-order valence-corrected chi connectivity index (χ4v) is 4.28. The number of H-pyrrole nitrogens is 1. The lowest BCUT2D eigenvalue weighted by Crippen LogP contribution is -2.35. The number of fused-ring (bicyclic) bond motifs is 1. The van der Waals surface area contributed by atoms with Gasteiger partial charge >= 0.3 is 0 Å². The SMILES string of the molecule is CO/N=C1\CCCCN1c1ccc(NC(=O)C(CC(C)C)Oc2ccc3cc[nH]c(=O)c3c2)cc1. The van der Waals surface area contributed by atoms with Gasteiger partial charge in [0.1, 0.15) is 18.7 Å². The Kier molecular flexibility index (Phi) is 7.70. The van der Waals surface area contributed by atoms with E-state index in [0.717, 1.165) is 42.7 Å². The molecule has 2 aromatic carbocycles. The highest BCUT2D eigenvalue weighted by Crippen LogP contribution is 2.25. The Labute approximate surface area is 204 Å². The van der Waals surface area contributed by atoms with Crippen LogP contribution in [0.25, 0.3) is 10.8 Å². The highest BCUT2D eigenvalue weighted by atomic mass is 16.6. The Morgan fingerprint density at radius 2 is 1.94 bits per heavy atom. The van der Waals surface area contributed by atoms with E-state index in [4.69, 9.17) is 9.57 Å². The topological polar surface area (TPSA) is 96.0 Å². The average molecular weight is 477 g/mol. The molecule has 0 radical (unpaired) electrons. The average Bonchev–Trinajstić information content (AvgIpc) is 2.85. The van der Waals surface area contributed by atoms with Gasteiger partial charge in [0, 0.05) is 30.5 Å². The molecule has 184 valence electrons. The second-order valence-electron chi connectivity index (χ2n) is 9.13. The van der Waals surface area contributed by atoms with E-state index < -0.39 is 6.10 Å². The molecule has 2 heterocycles. The molecule has 1 amide bonds. The number of benzene rings is 2. The summed E-state index contributed by atoms with van der Waals surface area (Å²) in [7, 11) is 1.56. The lowest BCUT2D eigenvalue weighted by Gasteiger charge is -2.29. The number of carbonyl (C=O) groups excluding carboxylic acids is 1. The molecule has 8 nitrogen and oxygen atoms in total. The number of anilines is 2. The Morgan fingerprint density at radius 1 is 1.14 bits per heavy atom. The maximum atomic E-state index is 13.2. The molecule has 0 aliphatic carbocycles. The number of rotatable bonds is 8. The number of oxime groups is 1. The maximum Gasteiger partial charge on any atom is 0.265 e. The third-order valence-electron chi connectivity index (χ3n) is 5.99. The van der Waals surface area contributed by atoms with Crippen LogP contribution < -0.4 is 20.5 Å². The van der Waals surface area contributed by atoms with Crippen molar-refractivity contribution in [1.82, 2.24) is 4.98 Å². The summed E-state index contributed by atoms with van der Waals surface area (Å²) in [5, 5.41) is 8.48. The molecule has 3 aromatic rings. The van der Waals surface area contributed by atoms with Gasteiger partial charge in [0.2, 0.25) is 0 Å². The van der Waals surface area contributed by atoms with E-state index >= 15 is 0 Å². The van der Waals surface area contributed by atoms with Crippen LogP contribution in [0.2, 0.25) is 0 Å². The van der Waals surface area contributed by atoms with Gasteiger partial charge in [0.05, 0.1) is 5.39 Å². The van der Waals surface area contributed by atoms with Gasteiger partial charge in [-0.15, -0.1) is 0 Å². The first kappa shape index (κ1) is 24.3. The van der Waals surface area contributed by atoms with Crippen molar-refractivity contribution in [1.29, 1.82) is 0 Å². The molecular weight excluding hydrogens is 444 g/mol. The second kappa shape index (κ2) is 11.1. The van der Waals surface area contributed by atoms with E-state index in [1.165, 1.54) is 0 Å². The number of carbonyl (C=O) groups is 1. The molecule has 1 unspecified atom stereocenters. The molecule has 1 aliphatic rings. The lowest BCUT2D eigenvalue weighted by atomic mass is 10.0. The Morgan fingerprint density at radius 3 is 2.69 bits per heavy atom. The van der Waals surface area contributed by atoms with E-state index in [9.17, 15) is 9.59 Å². The smallest absolute Gasteiger partial charge is 0.265 e. The zero-order valence-corrected chi connectivity index (χ0v) is 20.4. The first-order chi connectivity index (χ1) is 16.9. The normalized spacial score (nSPS) is 15.9. The van der Waals surface area contributed by atoms with Gasteiger partial charge in [0.25, 0.3) is 11.5 Å². The number of hydrogen-bond donors (Lipinski definition) is 2. The molecule has 35 heavy (non-hydrogen) atoms. The summed E-state index contributed by atoms with van der Waals surface area (Å²) in [5.74, 6) is 1.42. The summed E-state index contributed by atoms with van der Waals surface area (Å²) in [6.07, 6.45) is 4.52. The number of nitrogens with zero attached hydrogens (tertiary/aromatic N) is 2. The number of aromatic nitrogens is 1. The maximum absolute atomic E-state index is 13.2. The van der Waals surface area contributed by atoms with E-state index in [0.29, 0.717) is 23.2 Å². The van der Waals surface area contributed by atoms with Crippen molar-refractivity contribution in [2.45, 2.75) is 45.6 Å². The van der Waals surface area contributed by atoms with Gasteiger partial charge < -0.3 is 24.8 Å². The predicted molar refractivity (Wildman–Crippen MR) is 139 cm³/mol. The molecule has 0 saturated carbocycles. The third-order valence-corrected chi connectivity index (χ3v) is 5.99. The quantitative estimate of drug-likeness (QED) is 0.451. The molecule has 1 saturated heterocycles. The van der Waals surface area contributed by atoms with E-state index in [2.05, 4.69) is 20.4 Å². The van der Waals surface area contributed by atoms with Crippen LogP contribution in [-0.4, -0.2) is 36.5 Å². The summed E-state index contributed by atoms with van der Waals surface area (Å²) in [4.78, 5) is 35.1. The van der Waals surface area contributed by atoms with Crippen molar-refractivity contribution in [2.24, 2.45) is 11.1 Å². The van der Waals surface area contributed by atoms with Crippen LogP contribution in [0.5, 0.6) is 5.75 Å². The summed E-state index contributed by atoms with van der Waals surface area (Å²) in [6.45, 7) is 4.97. The van der Waals surface area contributed by atoms with Crippen LogP contribution >= 0.6 is 0 Å². The summed E-state index contributed by atoms with van der Waals surface area (Å²) in [6, 6.07) is 14.8. The molecule has 1 fully saturated rings. The number of amides is 1. The van der Waals surface area contributed by atoms with E-state index in [-0.39, 0.29) is 17.4 Å². The van der Waals surface area contributed by atoms with Crippen molar-refractivity contribution in [2.75, 3.05) is 23.9 Å². The molecular formula is C27H32N4O4. The van der Waals surface area contributed by atoms with Crippen LogP contribution in [0.15, 0.2) is 64.7 Å². The molecule has 8 heteroatoms. The van der Waals surface area contributed by atoms with Gasteiger partial charge in [-0.05, 0) is 73.0 Å². The zero-order chi connectivity index (χ0) is 24.8. The second-order valence-corrected chi connectivity index (χ2v) is 9.13. The highest BCUT2D eigenvalue weighted by Gasteiger charge is 2.23. The lowest BCUT2D eigenvalue weighted by molar-refractivity contribution is -0.123. The molecule has 1 aliphatic heterocycles. The summed E-state index contributed by atoms with van der Waals surface area (Å²) < 4.78 is 6.08. The van der Waals surface area contributed by atoms with E-state index in [1.54, 1.807) is 25.4 Å². The third kappa shape index (κ3) is 6.01. The van der Waals surface area contributed by atoms with Gasteiger partial charge in [-0.2, -0.15) is 0 Å². The van der Waals surface area contributed by atoms with Crippen LogP contribution in [0.1, 0.15) is 39.5 Å². The summed E-state index contributed by atoms with van der Waals surface area (Å²) in [5.41, 5.74) is 1.51. The van der Waals surface area contributed by atoms with Crippen molar-refractivity contribution in [3.63, 3.8) is 0 Å². The standard InChI is InChI=1S/C27H32N4O4/c1-18(2)16-24(35-22-12-7-19-13-14-28-26(32)23(19)17-22)27(33)29-20-8-10-21(11-9-20)31-15-5-4-6-25(31)30-34-3/h7-14,17-18,24H,4-6,15-16H2,1-3H3,(H,28,32)(H,29,33)/b30-25+. The van der Waals surface area contributed by atoms with Crippen LogP contribution in [0.4, 0.5) is 11.4 Å². The number of aromatic amines is 1. The van der Waals surface area contributed by atoms with Crippen LogP contribution in [-0.2, 0) is 9.63 Å². The minimum Gasteiger partial charge on any atom is -0.481 e. The summed E-state index contributed by atoms with van der Waals surface area (Å²) >= 11 is 0. The predicted octanol–water partition coefficient (Wildman–Crippen LogP) is 4.91. The minimum atomic E-state index is -0.697. The van der Waals surface area contributed by atoms with Gasteiger partial charge in [0.15, 0.2) is 6.10 Å². The van der Waals surface area contributed by atoms with Crippen LogP contribution in [0, 0.1) is 5.92 Å². The highest BCUT2D eigenvalue weighted by molar-refractivity contribution is 5.99. The number of pyridine rings is 1. The number of hydrogen-bond acceptors (Lipinski definition) is 5. The molecule has 0 spiro atoms. The number of ether oxygens (including phenoxy) is 1. The molecule has 2 N–H and O–H groups in total. The first-order valence-corrected chi connectivity index (χ1v) is 12.0. The van der Waals surface area contributed by atoms with Crippen molar-refractivity contribution in [3.05, 3.63) is 65.1 Å². The van der Waals surface area contributed by atoms with Crippen molar-refractivity contribution < 1.29 is 14.4 Å². The van der Waals surface area contributed by atoms with Gasteiger partial charge in [-0.25, -0.2) is 0 Å². The van der Waals surface area contributed by atoms with Gasteiger partial charge in [-0.1, -0.05) is 25.1 Å². The number of piperidine rings is 1. The minimum absolute atomic E-state index is 0.190.